The normalized spacial score (nSPS) is 15.5. The summed E-state index contributed by atoms with van der Waals surface area (Å²) in [6.07, 6.45) is -0.511. The third-order valence-corrected chi connectivity index (χ3v) is 5.42. The number of carbonyl (C=O) groups excluding carboxylic acids is 1. The predicted octanol–water partition coefficient (Wildman–Crippen LogP) is 4.61. The number of nitrogens with zero attached hydrogens (tertiary/aromatic N) is 2. The summed E-state index contributed by atoms with van der Waals surface area (Å²) < 4.78 is 5.94. The quantitative estimate of drug-likeness (QED) is 0.647. The molecule has 0 saturated carbocycles. The lowest BCUT2D eigenvalue weighted by Gasteiger charge is -2.37. The van der Waals surface area contributed by atoms with Crippen molar-refractivity contribution in [2.45, 2.75) is 13.0 Å². The number of anilines is 1. The summed E-state index contributed by atoms with van der Waals surface area (Å²) in [5.41, 5.74) is 1.14. The van der Waals surface area contributed by atoms with Crippen molar-refractivity contribution in [1.82, 2.24) is 4.90 Å². The number of hydrogen-bond acceptors (Lipinski definition) is 3. The van der Waals surface area contributed by atoms with Crippen LogP contribution in [0.3, 0.4) is 0 Å². The first-order chi connectivity index (χ1) is 13.6. The number of piperazine rings is 1. The molecule has 1 atom stereocenters. The Morgan fingerprint density at radius 3 is 2.32 bits per heavy atom. The standard InChI is InChI=1S/C23H23ClN2O2/c1-17(28-22-11-6-18-4-2-3-5-19(18)16-22)23(27)26-14-12-25(13-15-26)21-9-7-20(24)8-10-21/h2-11,16-17H,12-15H2,1H3. The number of halogens is 1. The topological polar surface area (TPSA) is 32.8 Å². The minimum Gasteiger partial charge on any atom is -0.481 e. The zero-order chi connectivity index (χ0) is 19.5. The second-order valence-electron chi connectivity index (χ2n) is 7.06. The van der Waals surface area contributed by atoms with Crippen molar-refractivity contribution in [3.05, 3.63) is 71.8 Å². The van der Waals surface area contributed by atoms with Gasteiger partial charge in [-0.3, -0.25) is 4.79 Å². The van der Waals surface area contributed by atoms with Crippen molar-refractivity contribution in [3.8, 4) is 5.75 Å². The molecular weight excluding hydrogens is 372 g/mol. The molecule has 1 aliphatic heterocycles. The van der Waals surface area contributed by atoms with E-state index < -0.39 is 6.10 Å². The lowest BCUT2D eigenvalue weighted by Crippen LogP contribution is -2.52. The zero-order valence-electron chi connectivity index (χ0n) is 15.8. The van der Waals surface area contributed by atoms with Crippen LogP contribution >= 0.6 is 11.6 Å². The first-order valence-corrected chi connectivity index (χ1v) is 9.93. The van der Waals surface area contributed by atoms with Crippen molar-refractivity contribution in [3.63, 3.8) is 0 Å². The second-order valence-corrected chi connectivity index (χ2v) is 7.49. The van der Waals surface area contributed by atoms with Crippen LogP contribution in [0.2, 0.25) is 5.02 Å². The average molecular weight is 395 g/mol. The molecule has 3 aromatic rings. The molecule has 1 fully saturated rings. The molecule has 5 heteroatoms. The van der Waals surface area contributed by atoms with Crippen molar-refractivity contribution in [2.75, 3.05) is 31.1 Å². The molecular formula is C23H23ClN2O2. The Bertz CT molecular complexity index is 966. The highest BCUT2D eigenvalue weighted by atomic mass is 35.5. The number of benzene rings is 3. The molecule has 0 aliphatic carbocycles. The van der Waals surface area contributed by atoms with E-state index in [9.17, 15) is 4.79 Å². The molecule has 1 saturated heterocycles. The van der Waals surface area contributed by atoms with Gasteiger partial charge in [-0.2, -0.15) is 0 Å². The van der Waals surface area contributed by atoms with E-state index in [1.165, 1.54) is 0 Å². The molecule has 4 rings (SSSR count). The highest BCUT2D eigenvalue weighted by Gasteiger charge is 2.26. The van der Waals surface area contributed by atoms with Gasteiger partial charge in [0.05, 0.1) is 0 Å². The first kappa shape index (κ1) is 18.6. The average Bonchev–Trinajstić information content (AvgIpc) is 2.74. The van der Waals surface area contributed by atoms with Crippen molar-refractivity contribution in [2.24, 2.45) is 0 Å². The van der Waals surface area contributed by atoms with Crippen LogP contribution in [0.4, 0.5) is 5.69 Å². The minimum absolute atomic E-state index is 0.0314. The summed E-state index contributed by atoms with van der Waals surface area (Å²) in [5, 5.41) is 3.00. The maximum Gasteiger partial charge on any atom is 0.263 e. The molecule has 0 spiro atoms. The molecule has 0 aromatic heterocycles. The predicted molar refractivity (Wildman–Crippen MR) is 114 cm³/mol. The van der Waals surface area contributed by atoms with Gasteiger partial charge >= 0.3 is 0 Å². The number of ether oxygens (including phenoxy) is 1. The maximum atomic E-state index is 12.8. The van der Waals surface area contributed by atoms with E-state index in [0.29, 0.717) is 13.1 Å². The lowest BCUT2D eigenvalue weighted by molar-refractivity contribution is -0.138. The summed E-state index contributed by atoms with van der Waals surface area (Å²) in [5.74, 6) is 0.753. The smallest absolute Gasteiger partial charge is 0.263 e. The first-order valence-electron chi connectivity index (χ1n) is 9.55. The summed E-state index contributed by atoms with van der Waals surface area (Å²) in [4.78, 5) is 17.0. The summed E-state index contributed by atoms with van der Waals surface area (Å²) in [7, 11) is 0. The molecule has 28 heavy (non-hydrogen) atoms. The minimum atomic E-state index is -0.511. The van der Waals surface area contributed by atoms with Crippen molar-refractivity contribution in [1.29, 1.82) is 0 Å². The highest BCUT2D eigenvalue weighted by Crippen LogP contribution is 2.23. The van der Waals surface area contributed by atoms with E-state index in [0.717, 1.165) is 40.3 Å². The van der Waals surface area contributed by atoms with Crippen molar-refractivity contribution < 1.29 is 9.53 Å². The van der Waals surface area contributed by atoms with Crippen LogP contribution in [0.5, 0.6) is 5.75 Å². The number of amides is 1. The van der Waals surface area contributed by atoms with Gasteiger partial charge in [-0.05, 0) is 54.1 Å². The fraction of sp³-hybridized carbons (Fsp3) is 0.261. The highest BCUT2D eigenvalue weighted by molar-refractivity contribution is 6.30. The summed E-state index contributed by atoms with van der Waals surface area (Å²) >= 11 is 5.96. The lowest BCUT2D eigenvalue weighted by atomic mass is 10.1. The Morgan fingerprint density at radius 2 is 1.61 bits per heavy atom. The van der Waals surface area contributed by atoms with Crippen LogP contribution in [0.15, 0.2) is 66.7 Å². The third kappa shape index (κ3) is 4.07. The van der Waals surface area contributed by atoms with Gasteiger partial charge in [-0.1, -0.05) is 41.9 Å². The van der Waals surface area contributed by atoms with Crippen LogP contribution in [0.25, 0.3) is 10.8 Å². The fourth-order valence-corrected chi connectivity index (χ4v) is 3.72. The molecule has 144 valence electrons. The molecule has 0 radical (unpaired) electrons. The third-order valence-electron chi connectivity index (χ3n) is 5.16. The van der Waals surface area contributed by atoms with E-state index in [-0.39, 0.29) is 5.91 Å². The SMILES string of the molecule is CC(Oc1ccc2ccccc2c1)C(=O)N1CCN(c2ccc(Cl)cc2)CC1. The molecule has 0 bridgehead atoms. The second kappa shape index (κ2) is 8.11. The molecule has 1 amide bonds. The van der Waals surface area contributed by atoms with Crippen LogP contribution in [0.1, 0.15) is 6.92 Å². The Kier molecular flexibility index (Phi) is 5.40. The summed E-state index contributed by atoms with van der Waals surface area (Å²) in [6, 6.07) is 21.9. The Hall–Kier alpha value is -2.72. The Labute approximate surface area is 170 Å². The van der Waals surface area contributed by atoms with Gasteiger partial charge in [-0.25, -0.2) is 0 Å². The van der Waals surface area contributed by atoms with Crippen LogP contribution < -0.4 is 9.64 Å². The maximum absolute atomic E-state index is 12.8. The molecule has 1 unspecified atom stereocenters. The fourth-order valence-electron chi connectivity index (χ4n) is 3.59. The molecule has 3 aromatic carbocycles. The van der Waals surface area contributed by atoms with Crippen LogP contribution in [-0.4, -0.2) is 43.1 Å². The van der Waals surface area contributed by atoms with Gasteiger partial charge in [0.2, 0.25) is 0 Å². The number of rotatable bonds is 4. The molecule has 0 N–H and O–H groups in total. The number of hydrogen-bond donors (Lipinski definition) is 0. The van der Waals surface area contributed by atoms with E-state index in [1.807, 2.05) is 72.5 Å². The van der Waals surface area contributed by atoms with E-state index in [1.54, 1.807) is 0 Å². The Balaban J connectivity index is 1.35. The largest absolute Gasteiger partial charge is 0.481 e. The number of fused-ring (bicyclic) bond motifs is 1. The zero-order valence-corrected chi connectivity index (χ0v) is 16.6. The van der Waals surface area contributed by atoms with Gasteiger partial charge in [0, 0.05) is 36.9 Å². The summed E-state index contributed by atoms with van der Waals surface area (Å²) in [6.45, 7) is 4.80. The van der Waals surface area contributed by atoms with Crippen molar-refractivity contribution >= 4 is 34.0 Å². The molecule has 1 heterocycles. The molecule has 4 nitrogen and oxygen atoms in total. The monoisotopic (exact) mass is 394 g/mol. The van der Waals surface area contributed by atoms with Gasteiger partial charge < -0.3 is 14.5 Å². The Morgan fingerprint density at radius 1 is 0.929 bits per heavy atom. The van der Waals surface area contributed by atoms with E-state index in [2.05, 4.69) is 11.0 Å². The van der Waals surface area contributed by atoms with Gasteiger partial charge in [0.25, 0.3) is 5.91 Å². The van der Waals surface area contributed by atoms with E-state index in [4.69, 9.17) is 16.3 Å². The number of carbonyl (C=O) groups is 1. The van der Waals surface area contributed by atoms with Crippen LogP contribution in [-0.2, 0) is 4.79 Å². The van der Waals surface area contributed by atoms with Crippen LogP contribution in [0, 0.1) is 0 Å². The van der Waals surface area contributed by atoms with E-state index >= 15 is 0 Å². The molecule has 1 aliphatic rings. The van der Waals surface area contributed by atoms with Gasteiger partial charge in [0.15, 0.2) is 6.10 Å². The van der Waals surface area contributed by atoms with Gasteiger partial charge in [0.1, 0.15) is 5.75 Å². The van der Waals surface area contributed by atoms with Gasteiger partial charge in [-0.15, -0.1) is 0 Å².